The molecule has 0 saturated heterocycles. The molecule has 3 aromatic rings. The Morgan fingerprint density at radius 2 is 1.96 bits per heavy atom. The summed E-state index contributed by atoms with van der Waals surface area (Å²) in [5.74, 6) is 1.21. The maximum Gasteiger partial charge on any atom is 0.505 e. The van der Waals surface area contributed by atoms with E-state index in [0.717, 1.165) is 41.5 Å². The van der Waals surface area contributed by atoms with Crippen LogP contribution in [0.4, 0.5) is 10.6 Å². The summed E-state index contributed by atoms with van der Waals surface area (Å²) in [4.78, 5) is 25.5. The van der Waals surface area contributed by atoms with Gasteiger partial charge in [-0.05, 0) is 25.3 Å². The van der Waals surface area contributed by atoms with Crippen LogP contribution in [-0.4, -0.2) is 39.2 Å². The fraction of sp³-hybridized carbons (Fsp3) is 0.421. The maximum absolute atomic E-state index is 10.4. The predicted octanol–water partition coefficient (Wildman–Crippen LogP) is 3.41. The van der Waals surface area contributed by atoms with Crippen LogP contribution in [0.5, 0.6) is 0 Å². The number of nitrogen functional groups attached to an aromatic ring is 1. The first-order valence-corrected chi connectivity index (χ1v) is 9.16. The first-order chi connectivity index (χ1) is 13.1. The van der Waals surface area contributed by atoms with E-state index in [2.05, 4.69) is 21.6 Å². The minimum Gasteiger partial charge on any atom is -0.450 e. The number of nitrogens with zero attached hydrogens (tertiary/aromatic N) is 3. The molecule has 144 valence electrons. The summed E-state index contributed by atoms with van der Waals surface area (Å²) >= 11 is 0. The van der Waals surface area contributed by atoms with Gasteiger partial charge in [-0.1, -0.05) is 31.5 Å². The van der Waals surface area contributed by atoms with Gasteiger partial charge in [0.2, 0.25) is 0 Å². The smallest absolute Gasteiger partial charge is 0.450 e. The van der Waals surface area contributed by atoms with E-state index >= 15 is 0 Å². The zero-order valence-corrected chi connectivity index (χ0v) is 15.4. The second-order valence-corrected chi connectivity index (χ2v) is 6.29. The van der Waals surface area contributed by atoms with Gasteiger partial charge in [0, 0.05) is 11.8 Å². The molecule has 2 aromatic heterocycles. The number of aryl methyl sites for hydroxylation is 1. The molecule has 0 atom stereocenters. The van der Waals surface area contributed by atoms with E-state index in [4.69, 9.17) is 15.7 Å². The Bertz CT molecular complexity index is 938. The molecular formula is C19H24N4O4. The number of para-hydroxylation sites is 1. The third-order valence-electron chi connectivity index (χ3n) is 4.28. The molecule has 0 aliphatic rings. The highest BCUT2D eigenvalue weighted by atomic mass is 16.7. The molecule has 8 heteroatoms. The van der Waals surface area contributed by atoms with Crippen molar-refractivity contribution >= 4 is 33.9 Å². The molecule has 0 aliphatic heterocycles. The fourth-order valence-electron chi connectivity index (χ4n) is 2.97. The van der Waals surface area contributed by atoms with Crippen molar-refractivity contribution < 1.29 is 19.5 Å². The zero-order valence-electron chi connectivity index (χ0n) is 15.4. The number of pyridine rings is 1. The monoisotopic (exact) mass is 372 g/mol. The van der Waals surface area contributed by atoms with Crippen LogP contribution in [0.3, 0.4) is 0 Å². The molecule has 0 spiro atoms. The summed E-state index contributed by atoms with van der Waals surface area (Å²) in [5.41, 5.74) is 8.41. The Labute approximate surface area is 156 Å². The van der Waals surface area contributed by atoms with E-state index in [9.17, 15) is 4.79 Å². The number of carboxylic acid groups (broad SMARTS) is 1. The molecule has 0 fully saturated rings. The second-order valence-electron chi connectivity index (χ2n) is 6.29. The normalized spacial score (nSPS) is 11.1. The standard InChI is InChI=1S/C19H24N4O4/c1-2-3-10-15-22-16-17(13-8-4-5-9-14(13)21-18(16)20)23(15)27-12-7-6-11-26-19(24)25/h4-5,8-9H,2-3,6-7,10-12H2,1H3,(H2,20,21)(H,24,25). The van der Waals surface area contributed by atoms with Crippen molar-refractivity contribution in [2.24, 2.45) is 0 Å². The van der Waals surface area contributed by atoms with Crippen LogP contribution in [0.2, 0.25) is 0 Å². The van der Waals surface area contributed by atoms with Crippen LogP contribution in [0.15, 0.2) is 24.3 Å². The summed E-state index contributed by atoms with van der Waals surface area (Å²) in [5, 5.41) is 9.44. The fourth-order valence-corrected chi connectivity index (χ4v) is 2.97. The largest absolute Gasteiger partial charge is 0.505 e. The molecule has 0 saturated carbocycles. The number of benzene rings is 1. The van der Waals surface area contributed by atoms with Gasteiger partial charge in [0.05, 0.1) is 12.1 Å². The Balaban J connectivity index is 1.89. The maximum atomic E-state index is 10.4. The summed E-state index contributed by atoms with van der Waals surface area (Å²) in [6, 6.07) is 7.77. The van der Waals surface area contributed by atoms with Crippen LogP contribution >= 0.6 is 0 Å². The molecule has 0 bridgehead atoms. The minimum atomic E-state index is -1.26. The molecule has 0 radical (unpaired) electrons. The quantitative estimate of drug-likeness (QED) is 0.437. The highest BCUT2D eigenvalue weighted by Gasteiger charge is 2.18. The van der Waals surface area contributed by atoms with Gasteiger partial charge in [0.15, 0.2) is 5.82 Å². The van der Waals surface area contributed by atoms with Gasteiger partial charge >= 0.3 is 6.16 Å². The molecule has 8 nitrogen and oxygen atoms in total. The van der Waals surface area contributed by atoms with Crippen molar-refractivity contribution in [3.63, 3.8) is 0 Å². The first-order valence-electron chi connectivity index (χ1n) is 9.16. The number of aromatic nitrogens is 3. The molecule has 1 aromatic carbocycles. The Morgan fingerprint density at radius 1 is 1.19 bits per heavy atom. The first kappa shape index (κ1) is 18.8. The third-order valence-corrected chi connectivity index (χ3v) is 4.28. The molecule has 27 heavy (non-hydrogen) atoms. The lowest BCUT2D eigenvalue weighted by Crippen LogP contribution is -2.17. The Morgan fingerprint density at radius 3 is 2.74 bits per heavy atom. The molecular weight excluding hydrogens is 348 g/mol. The highest BCUT2D eigenvalue weighted by Crippen LogP contribution is 2.28. The van der Waals surface area contributed by atoms with Gasteiger partial charge in [0.25, 0.3) is 0 Å². The number of carbonyl (C=O) groups is 1. The van der Waals surface area contributed by atoms with E-state index in [1.807, 2.05) is 24.3 Å². The van der Waals surface area contributed by atoms with E-state index in [-0.39, 0.29) is 6.61 Å². The van der Waals surface area contributed by atoms with Crippen LogP contribution in [0.1, 0.15) is 38.4 Å². The highest BCUT2D eigenvalue weighted by molar-refractivity contribution is 6.06. The second kappa shape index (κ2) is 8.57. The number of fused-ring (bicyclic) bond motifs is 3. The molecule has 0 unspecified atom stereocenters. The molecule has 2 heterocycles. The molecule has 3 N–H and O–H groups in total. The van der Waals surface area contributed by atoms with Gasteiger partial charge in [-0.2, -0.15) is 4.73 Å². The number of imidazole rings is 1. The molecule has 3 rings (SSSR count). The van der Waals surface area contributed by atoms with Crippen LogP contribution in [0, 0.1) is 0 Å². The van der Waals surface area contributed by atoms with Crippen LogP contribution in [-0.2, 0) is 11.2 Å². The number of hydrogen-bond donors (Lipinski definition) is 2. The topological polar surface area (TPSA) is 112 Å². The predicted molar refractivity (Wildman–Crippen MR) is 103 cm³/mol. The van der Waals surface area contributed by atoms with E-state index in [1.54, 1.807) is 4.73 Å². The summed E-state index contributed by atoms with van der Waals surface area (Å²) < 4.78 is 6.28. The Hall–Kier alpha value is -3.03. The van der Waals surface area contributed by atoms with Gasteiger partial charge in [-0.25, -0.2) is 14.8 Å². The number of rotatable bonds is 9. The van der Waals surface area contributed by atoms with Crippen molar-refractivity contribution in [1.82, 2.24) is 14.7 Å². The van der Waals surface area contributed by atoms with Crippen molar-refractivity contribution in [3.8, 4) is 0 Å². The lowest BCUT2D eigenvalue weighted by atomic mass is 10.2. The number of hydrogen-bond acceptors (Lipinski definition) is 6. The Kier molecular flexibility index (Phi) is 5.95. The zero-order chi connectivity index (χ0) is 19.2. The number of ether oxygens (including phenoxy) is 1. The van der Waals surface area contributed by atoms with E-state index in [1.165, 1.54) is 0 Å². The molecule has 0 amide bonds. The SMILES string of the molecule is CCCCc1nc2c(N)nc3ccccc3c2n1OCCCCOC(=O)O. The van der Waals surface area contributed by atoms with Crippen LogP contribution in [0.25, 0.3) is 21.9 Å². The summed E-state index contributed by atoms with van der Waals surface area (Å²) in [6.07, 6.45) is 2.81. The third kappa shape index (κ3) is 4.21. The van der Waals surface area contributed by atoms with Crippen molar-refractivity contribution in [1.29, 1.82) is 0 Å². The number of nitrogens with two attached hydrogens (primary N) is 1. The lowest BCUT2D eigenvalue weighted by Gasteiger charge is -2.12. The summed E-state index contributed by atoms with van der Waals surface area (Å²) in [6.45, 7) is 2.71. The summed E-state index contributed by atoms with van der Waals surface area (Å²) in [7, 11) is 0. The number of anilines is 1. The van der Waals surface area contributed by atoms with Crippen molar-refractivity contribution in [2.75, 3.05) is 18.9 Å². The van der Waals surface area contributed by atoms with Gasteiger partial charge in [-0.3, -0.25) is 0 Å². The van der Waals surface area contributed by atoms with E-state index < -0.39 is 6.16 Å². The van der Waals surface area contributed by atoms with Crippen molar-refractivity contribution in [2.45, 2.75) is 39.0 Å². The van der Waals surface area contributed by atoms with Gasteiger partial charge < -0.3 is 20.4 Å². The average Bonchev–Trinajstić information content (AvgIpc) is 3.02. The van der Waals surface area contributed by atoms with Crippen LogP contribution < -0.4 is 10.6 Å². The average molecular weight is 372 g/mol. The van der Waals surface area contributed by atoms with Crippen molar-refractivity contribution in [3.05, 3.63) is 30.1 Å². The van der Waals surface area contributed by atoms with Gasteiger partial charge in [-0.15, -0.1) is 0 Å². The van der Waals surface area contributed by atoms with Gasteiger partial charge in [0.1, 0.15) is 23.5 Å². The lowest BCUT2D eigenvalue weighted by molar-refractivity contribution is 0.0798. The van der Waals surface area contributed by atoms with E-state index in [0.29, 0.717) is 30.8 Å². The minimum absolute atomic E-state index is 0.159. The molecule has 0 aliphatic carbocycles. The number of unbranched alkanes of at least 4 members (excludes halogenated alkanes) is 2.